The van der Waals surface area contributed by atoms with Crippen LogP contribution in [-0.2, 0) is 21.2 Å². The Labute approximate surface area is 79.5 Å². The molecular formula is C6H14CrN2O4. The van der Waals surface area contributed by atoms with E-state index in [0.29, 0.717) is 0 Å². The molecule has 6 nitrogen and oxygen atoms in total. The molecule has 0 spiro atoms. The molecule has 0 amide bonds. The molecule has 0 bridgehead atoms. The van der Waals surface area contributed by atoms with Gasteiger partial charge in [-0.25, -0.2) is 0 Å². The third-order valence-corrected chi connectivity index (χ3v) is 1.34. The van der Waals surface area contributed by atoms with E-state index < -0.39 is 13.6 Å². The molecular weight excluding hydrogens is 216 g/mol. The molecule has 2 N–H and O–H groups in total. The van der Waals surface area contributed by atoms with Crippen molar-refractivity contribution < 1.29 is 29.5 Å². The Morgan fingerprint density at radius 1 is 1.38 bits per heavy atom. The fourth-order valence-electron chi connectivity index (χ4n) is 0.794. The van der Waals surface area contributed by atoms with Crippen LogP contribution in [-0.4, -0.2) is 38.4 Å². The molecule has 0 aromatic heterocycles. The van der Waals surface area contributed by atoms with Gasteiger partial charge in [0.2, 0.25) is 0 Å². The summed E-state index contributed by atoms with van der Waals surface area (Å²) in [6, 6.07) is 0. The zero-order valence-electron chi connectivity index (χ0n) is 7.58. The maximum absolute atomic E-state index is 8.82. The summed E-state index contributed by atoms with van der Waals surface area (Å²) in [5.41, 5.74) is 0. The van der Waals surface area contributed by atoms with E-state index in [4.69, 9.17) is 15.9 Å². The SMILES string of the molecule is CCN1C=CN(C)C1.[O]=[Cr](=[O])([OH])[OH]. The molecule has 0 atom stereocenters. The summed E-state index contributed by atoms with van der Waals surface area (Å²) < 4.78 is 31.9. The van der Waals surface area contributed by atoms with Crippen molar-refractivity contribution in [1.82, 2.24) is 9.80 Å². The predicted octanol–water partition coefficient (Wildman–Crippen LogP) is -0.672. The van der Waals surface area contributed by atoms with Gasteiger partial charge in [0.15, 0.2) is 0 Å². The molecule has 1 aliphatic heterocycles. The Bertz CT molecular complexity index is 254. The summed E-state index contributed by atoms with van der Waals surface area (Å²) in [4.78, 5) is 4.41. The molecule has 0 fully saturated rings. The van der Waals surface area contributed by atoms with Crippen LogP contribution in [0.15, 0.2) is 12.4 Å². The second-order valence-corrected chi connectivity index (χ2v) is 3.95. The first-order valence-electron chi connectivity index (χ1n) is 3.65. The molecule has 0 radical (unpaired) electrons. The first-order chi connectivity index (χ1) is 5.83. The van der Waals surface area contributed by atoms with Crippen molar-refractivity contribution >= 4 is 0 Å². The van der Waals surface area contributed by atoms with Gasteiger partial charge < -0.3 is 9.80 Å². The average Bonchev–Trinajstić information content (AvgIpc) is 2.31. The van der Waals surface area contributed by atoms with Gasteiger partial charge in [0.25, 0.3) is 0 Å². The Kier molecular flexibility index (Phi) is 4.95. The van der Waals surface area contributed by atoms with Crippen molar-refractivity contribution in [3.63, 3.8) is 0 Å². The van der Waals surface area contributed by atoms with Crippen LogP contribution in [0.2, 0.25) is 0 Å². The van der Waals surface area contributed by atoms with E-state index >= 15 is 0 Å². The van der Waals surface area contributed by atoms with Crippen LogP contribution in [0.4, 0.5) is 0 Å². The Morgan fingerprint density at radius 2 is 1.85 bits per heavy atom. The van der Waals surface area contributed by atoms with E-state index in [1.165, 1.54) is 0 Å². The molecule has 0 saturated carbocycles. The van der Waals surface area contributed by atoms with Crippen LogP contribution in [0.25, 0.3) is 0 Å². The van der Waals surface area contributed by atoms with Crippen LogP contribution in [0.3, 0.4) is 0 Å². The predicted molar refractivity (Wildman–Crippen MR) is 40.0 cm³/mol. The third-order valence-electron chi connectivity index (χ3n) is 1.34. The monoisotopic (exact) mass is 230 g/mol. The van der Waals surface area contributed by atoms with Crippen LogP contribution >= 0.6 is 0 Å². The normalized spacial score (nSPS) is 15.7. The zero-order chi connectivity index (χ0) is 10.5. The molecule has 78 valence electrons. The van der Waals surface area contributed by atoms with Crippen LogP contribution in [0, 0.1) is 0 Å². The topological polar surface area (TPSA) is 81.1 Å². The summed E-state index contributed by atoms with van der Waals surface area (Å²) >= 11 is -5.25. The van der Waals surface area contributed by atoms with E-state index in [-0.39, 0.29) is 0 Å². The standard InChI is InChI=1S/C6H12N2.Cr.2H2O.2O/c1-3-8-5-4-7(2)6-8;;;;;/h4-5H,3,6H2,1-2H3;;2*1H2;;/q;+2;;;;/p-2. The van der Waals surface area contributed by atoms with E-state index in [9.17, 15) is 0 Å². The van der Waals surface area contributed by atoms with Gasteiger partial charge in [0.05, 0.1) is 6.67 Å². The summed E-state index contributed by atoms with van der Waals surface area (Å²) in [7, 11) is 2.08. The van der Waals surface area contributed by atoms with Gasteiger partial charge in [0.1, 0.15) is 0 Å². The van der Waals surface area contributed by atoms with E-state index in [2.05, 4.69) is 36.2 Å². The number of rotatable bonds is 1. The van der Waals surface area contributed by atoms with Gasteiger partial charge >= 0.3 is 29.5 Å². The summed E-state index contributed by atoms with van der Waals surface area (Å²) in [6.45, 7) is 4.32. The Balaban J connectivity index is 0.000000252. The van der Waals surface area contributed by atoms with Crippen LogP contribution < -0.4 is 0 Å². The van der Waals surface area contributed by atoms with Gasteiger partial charge in [0, 0.05) is 26.0 Å². The maximum atomic E-state index is 8.82. The molecule has 0 aromatic carbocycles. The van der Waals surface area contributed by atoms with Gasteiger partial charge in [-0.3, -0.25) is 0 Å². The van der Waals surface area contributed by atoms with Crippen LogP contribution in [0.5, 0.6) is 0 Å². The Hall–Kier alpha value is -0.608. The van der Waals surface area contributed by atoms with Gasteiger partial charge in [-0.15, -0.1) is 0 Å². The second-order valence-electron chi connectivity index (χ2n) is 2.55. The molecule has 0 aliphatic carbocycles. The van der Waals surface area contributed by atoms with Gasteiger partial charge in [-0.05, 0) is 6.92 Å². The first kappa shape index (κ1) is 12.4. The molecule has 1 heterocycles. The van der Waals surface area contributed by atoms with Gasteiger partial charge in [-0.2, -0.15) is 0 Å². The third kappa shape index (κ3) is 9.31. The zero-order valence-corrected chi connectivity index (χ0v) is 8.86. The minimum atomic E-state index is -5.25. The molecule has 13 heavy (non-hydrogen) atoms. The fraction of sp³-hybridized carbons (Fsp3) is 0.667. The average molecular weight is 230 g/mol. The summed E-state index contributed by atoms with van der Waals surface area (Å²) in [6.07, 6.45) is 4.20. The summed E-state index contributed by atoms with van der Waals surface area (Å²) in [5.74, 6) is 0. The van der Waals surface area contributed by atoms with Gasteiger partial charge in [-0.1, -0.05) is 0 Å². The van der Waals surface area contributed by atoms with Crippen molar-refractivity contribution in [1.29, 1.82) is 0 Å². The van der Waals surface area contributed by atoms with Crippen molar-refractivity contribution in [2.45, 2.75) is 6.92 Å². The number of hydrogen-bond donors (Lipinski definition) is 2. The molecule has 1 aliphatic rings. The van der Waals surface area contributed by atoms with E-state index in [1.807, 2.05) is 0 Å². The van der Waals surface area contributed by atoms with Crippen LogP contribution in [0.1, 0.15) is 6.92 Å². The van der Waals surface area contributed by atoms with Crippen molar-refractivity contribution in [2.24, 2.45) is 0 Å². The first-order valence-corrected chi connectivity index (χ1v) is 5.83. The Morgan fingerprint density at radius 3 is 2.00 bits per heavy atom. The quantitative estimate of drug-likeness (QED) is 0.621. The number of nitrogens with zero attached hydrogens (tertiary/aromatic N) is 2. The molecule has 0 unspecified atom stereocenters. The molecule has 0 saturated heterocycles. The second kappa shape index (κ2) is 5.19. The molecule has 1 rings (SSSR count). The fourth-order valence-corrected chi connectivity index (χ4v) is 0.794. The molecule has 0 aromatic rings. The number of hydrogen-bond acceptors (Lipinski definition) is 4. The minimum absolute atomic E-state index is 1.05. The van der Waals surface area contributed by atoms with E-state index in [0.717, 1.165) is 13.2 Å². The van der Waals surface area contributed by atoms with Crippen molar-refractivity contribution in [2.75, 3.05) is 20.3 Å². The molecule has 7 heteroatoms. The van der Waals surface area contributed by atoms with Crippen molar-refractivity contribution in [3.8, 4) is 0 Å². The van der Waals surface area contributed by atoms with Crippen molar-refractivity contribution in [3.05, 3.63) is 12.4 Å². The van der Waals surface area contributed by atoms with E-state index in [1.54, 1.807) is 0 Å². The summed E-state index contributed by atoms with van der Waals surface area (Å²) in [5, 5.41) is 0.